The minimum Gasteiger partial charge on any atom is -0.505 e. The molecular weight excluding hydrogens is 932 g/mol. The number of hydrogen-bond donors (Lipinski definition) is 8. The van der Waals surface area contributed by atoms with Gasteiger partial charge in [-0.25, -0.2) is 0 Å². The van der Waals surface area contributed by atoms with Crippen LogP contribution >= 0.6 is 92.8 Å². The van der Waals surface area contributed by atoms with E-state index in [0.717, 1.165) is 47.9 Å². The molecule has 0 radical (unpaired) electrons. The third kappa shape index (κ3) is 7.86. The lowest BCUT2D eigenvalue weighted by atomic mass is 9.83. The van der Waals surface area contributed by atoms with Gasteiger partial charge in [-0.05, 0) is 96.5 Å². The van der Waals surface area contributed by atoms with E-state index < -0.39 is 0 Å². The van der Waals surface area contributed by atoms with Crippen molar-refractivity contribution in [1.82, 2.24) is 21.3 Å². The fourth-order valence-electron chi connectivity index (χ4n) is 10.6. The summed E-state index contributed by atoms with van der Waals surface area (Å²) in [6.45, 7) is 0. The predicted molar refractivity (Wildman–Crippen MR) is 243 cm³/mol. The Balaban J connectivity index is 1.19. The van der Waals surface area contributed by atoms with Crippen molar-refractivity contribution in [3.05, 3.63) is 135 Å². The topological polar surface area (TPSA) is 129 Å². The molecule has 4 aromatic carbocycles. The van der Waals surface area contributed by atoms with Crippen LogP contribution in [0.2, 0.25) is 40.2 Å². The van der Waals surface area contributed by atoms with Crippen molar-refractivity contribution in [1.29, 1.82) is 0 Å². The number of phenols is 4. The molecule has 316 valence electrons. The molecule has 0 saturated carbocycles. The molecule has 12 unspecified atom stereocenters. The van der Waals surface area contributed by atoms with Gasteiger partial charge < -0.3 is 41.7 Å². The van der Waals surface area contributed by atoms with Crippen molar-refractivity contribution in [2.24, 2.45) is 0 Å². The van der Waals surface area contributed by atoms with Crippen LogP contribution in [0.3, 0.4) is 0 Å². The van der Waals surface area contributed by atoms with E-state index in [4.69, 9.17) is 92.8 Å². The second kappa shape index (κ2) is 17.0. The Morgan fingerprint density at radius 3 is 0.683 bits per heavy atom. The van der Waals surface area contributed by atoms with E-state index in [1.54, 1.807) is 48.5 Å². The van der Waals surface area contributed by atoms with Crippen LogP contribution < -0.4 is 21.3 Å². The Bertz CT molecular complexity index is 2000. The summed E-state index contributed by atoms with van der Waals surface area (Å²) in [5.41, 5.74) is 3.43. The summed E-state index contributed by atoms with van der Waals surface area (Å²) >= 11 is 52.9. The zero-order valence-corrected chi connectivity index (χ0v) is 37.5. The molecule has 3 fully saturated rings. The largest absolute Gasteiger partial charge is 0.505 e. The van der Waals surface area contributed by atoms with E-state index >= 15 is 0 Å². The molecule has 5 aliphatic heterocycles. The summed E-state index contributed by atoms with van der Waals surface area (Å²) in [7, 11) is 0. The maximum absolute atomic E-state index is 10.6. The van der Waals surface area contributed by atoms with Gasteiger partial charge in [0.1, 0.15) is 0 Å². The summed E-state index contributed by atoms with van der Waals surface area (Å²) in [5, 5.41) is 59.7. The van der Waals surface area contributed by atoms with Crippen molar-refractivity contribution in [2.45, 2.75) is 97.7 Å². The maximum atomic E-state index is 10.6. The molecule has 0 aliphatic carbocycles. The molecule has 0 spiro atoms. The Kier molecular flexibility index (Phi) is 12.2. The van der Waals surface area contributed by atoms with Crippen LogP contribution in [0.15, 0.2) is 72.8 Å². The molecule has 16 heteroatoms. The number of nitrogens with one attached hydrogen (secondary N) is 4. The molecule has 8 bridgehead atoms. The molecule has 12 atom stereocenters. The summed E-state index contributed by atoms with van der Waals surface area (Å²) in [6.07, 6.45) is 11.9. The monoisotopic (exact) mass is 968 g/mol. The average molecular weight is 972 g/mol. The normalized spacial score (nSPS) is 32.3. The summed E-state index contributed by atoms with van der Waals surface area (Å²) in [4.78, 5) is 0. The molecule has 4 aromatic rings. The van der Waals surface area contributed by atoms with Crippen molar-refractivity contribution in [2.75, 3.05) is 0 Å². The molecule has 0 aromatic heterocycles. The second-order valence-electron chi connectivity index (χ2n) is 16.6. The molecule has 9 rings (SSSR count). The Morgan fingerprint density at radius 2 is 0.500 bits per heavy atom. The molecular formula is C44H40Cl8N4O4. The van der Waals surface area contributed by atoms with Crippen LogP contribution in [-0.4, -0.2) is 68.8 Å². The standard InChI is InChI=1S/C44H40Cl8N4O4/c45-21-9-17(10-22(46)41(21)57)37-29-1-2-30(53-29)38(18-11-23(47)42(58)24(48)12-18)32-5-6-34(55-32)40(20-15-27(51)44(60)28(52)16-20)36-8-7-35(56-36)39(33-4-3-31(37)54-33)19-13-25(49)43(59)26(50)14-19/h1-2,7-16,29-40,53-60H,3-6H2. The fourth-order valence-corrected chi connectivity index (χ4v) is 12.7. The first kappa shape index (κ1) is 43.0. The smallest absolute Gasteiger partial charge is 0.152 e. The molecule has 5 heterocycles. The Labute approximate surface area is 387 Å². The van der Waals surface area contributed by atoms with E-state index in [1.165, 1.54) is 0 Å². The first-order valence-corrected chi connectivity index (χ1v) is 22.8. The van der Waals surface area contributed by atoms with E-state index in [9.17, 15) is 20.4 Å². The van der Waals surface area contributed by atoms with E-state index in [1.807, 2.05) is 0 Å². The third-order valence-corrected chi connectivity index (χ3v) is 15.5. The second-order valence-corrected chi connectivity index (χ2v) is 19.8. The number of phenolic OH excluding ortho intramolecular Hbond substituents is 4. The quantitative estimate of drug-likeness (QED) is 0.0950. The first-order valence-electron chi connectivity index (χ1n) is 19.8. The highest BCUT2D eigenvalue weighted by Crippen LogP contribution is 2.48. The Morgan fingerprint density at radius 1 is 0.317 bits per heavy atom. The van der Waals surface area contributed by atoms with Crippen molar-refractivity contribution in [3.8, 4) is 23.0 Å². The highest BCUT2D eigenvalue weighted by atomic mass is 35.5. The lowest BCUT2D eigenvalue weighted by Gasteiger charge is -2.38. The molecule has 3 saturated heterocycles. The average Bonchev–Trinajstić information content (AvgIpc) is 4.05. The molecule has 5 aliphatic rings. The van der Waals surface area contributed by atoms with Crippen molar-refractivity contribution in [3.63, 3.8) is 0 Å². The fraction of sp³-hybridized carbons (Fsp3) is 0.364. The van der Waals surface area contributed by atoms with Gasteiger partial charge in [0.2, 0.25) is 0 Å². The Hall–Kier alpha value is -2.28. The summed E-state index contributed by atoms with van der Waals surface area (Å²) < 4.78 is 0. The number of halogens is 8. The highest BCUT2D eigenvalue weighted by Gasteiger charge is 2.48. The zero-order chi connectivity index (χ0) is 42.3. The SMILES string of the molecule is Oc1c(Cl)cc(C2C3C=CC(N3)C(c3cc(Cl)c(O)c(Cl)c3)C3CCC(N3)C(c3cc(Cl)c(O)c(Cl)c3)C3C=CC(N3)C(c3cc(Cl)c(O)c(Cl)c3)C3CCC2N3)cc1Cl. The minimum absolute atomic E-state index is 0.0914. The van der Waals surface area contributed by atoms with Gasteiger partial charge >= 0.3 is 0 Å². The molecule has 8 nitrogen and oxygen atoms in total. The summed E-state index contributed by atoms with van der Waals surface area (Å²) in [5.74, 6) is -1.48. The predicted octanol–water partition coefficient (Wildman–Crippen LogP) is 11.2. The van der Waals surface area contributed by atoms with E-state index in [2.05, 4.69) is 45.6 Å². The van der Waals surface area contributed by atoms with Gasteiger partial charge in [0, 0.05) is 72.0 Å². The molecule has 0 amide bonds. The highest BCUT2D eigenvalue weighted by molar-refractivity contribution is 6.39. The minimum atomic E-state index is -0.211. The van der Waals surface area contributed by atoms with Crippen LogP contribution in [-0.2, 0) is 0 Å². The number of fused-ring (bicyclic) bond motifs is 8. The first-order chi connectivity index (χ1) is 28.7. The van der Waals surface area contributed by atoms with Crippen molar-refractivity contribution >= 4 is 92.8 Å². The zero-order valence-electron chi connectivity index (χ0n) is 31.5. The molecule has 8 N–H and O–H groups in total. The molecule has 60 heavy (non-hydrogen) atoms. The van der Waals surface area contributed by atoms with Gasteiger partial charge in [-0.1, -0.05) is 117 Å². The van der Waals surface area contributed by atoms with Gasteiger partial charge in [-0.3, -0.25) is 0 Å². The third-order valence-electron chi connectivity index (χ3n) is 13.2. The maximum Gasteiger partial charge on any atom is 0.152 e. The van der Waals surface area contributed by atoms with Crippen LogP contribution in [0.1, 0.15) is 71.6 Å². The van der Waals surface area contributed by atoms with E-state index in [0.29, 0.717) is 0 Å². The van der Waals surface area contributed by atoms with Crippen LogP contribution in [0.4, 0.5) is 0 Å². The van der Waals surface area contributed by atoms with Crippen molar-refractivity contribution < 1.29 is 20.4 Å². The van der Waals surface area contributed by atoms with Crippen LogP contribution in [0, 0.1) is 0 Å². The number of hydrogen-bond acceptors (Lipinski definition) is 8. The lowest BCUT2D eigenvalue weighted by Crippen LogP contribution is -2.52. The van der Waals surface area contributed by atoms with Gasteiger partial charge in [0.05, 0.1) is 40.2 Å². The van der Waals surface area contributed by atoms with Gasteiger partial charge in [0.15, 0.2) is 23.0 Å². The lowest BCUT2D eigenvalue weighted by molar-refractivity contribution is 0.316. The van der Waals surface area contributed by atoms with Gasteiger partial charge in [-0.15, -0.1) is 0 Å². The van der Waals surface area contributed by atoms with E-state index in [-0.39, 0.29) is 135 Å². The summed E-state index contributed by atoms with van der Waals surface area (Å²) in [6, 6.07) is 13.1. The van der Waals surface area contributed by atoms with Crippen LogP contribution in [0.25, 0.3) is 0 Å². The number of rotatable bonds is 4. The number of benzene rings is 4. The number of aromatic hydroxyl groups is 4. The van der Waals surface area contributed by atoms with Gasteiger partial charge in [-0.2, -0.15) is 0 Å². The van der Waals surface area contributed by atoms with Crippen LogP contribution in [0.5, 0.6) is 23.0 Å². The van der Waals surface area contributed by atoms with Gasteiger partial charge in [0.25, 0.3) is 0 Å².